The van der Waals surface area contributed by atoms with E-state index in [1.54, 1.807) is 0 Å². The lowest BCUT2D eigenvalue weighted by Gasteiger charge is -2.28. The van der Waals surface area contributed by atoms with Crippen LogP contribution < -0.4 is 5.56 Å². The van der Waals surface area contributed by atoms with Crippen LogP contribution in [0, 0.1) is 4.77 Å². The first kappa shape index (κ1) is 14.3. The molecule has 0 unspecified atom stereocenters. The Balaban J connectivity index is 1.65. The number of pyridine rings is 1. The predicted octanol–water partition coefficient (Wildman–Crippen LogP) is 2.54. The molecule has 0 saturated carbocycles. The van der Waals surface area contributed by atoms with Crippen LogP contribution in [0.3, 0.4) is 0 Å². The molecule has 5 nitrogen and oxygen atoms in total. The van der Waals surface area contributed by atoms with E-state index in [-0.39, 0.29) is 5.56 Å². The van der Waals surface area contributed by atoms with E-state index in [1.807, 2.05) is 12.4 Å². The van der Waals surface area contributed by atoms with Crippen molar-refractivity contribution in [3.05, 3.63) is 68.6 Å². The molecule has 1 aliphatic heterocycles. The van der Waals surface area contributed by atoms with E-state index in [0.29, 0.717) is 11.3 Å². The molecule has 0 aliphatic carbocycles. The zero-order chi connectivity index (χ0) is 15.8. The van der Waals surface area contributed by atoms with Crippen LogP contribution in [0.15, 0.2) is 41.5 Å². The van der Waals surface area contributed by atoms with Gasteiger partial charge in [0, 0.05) is 48.7 Å². The lowest BCUT2D eigenvalue weighted by atomic mass is 10.0. The Kier molecular flexibility index (Phi) is 3.55. The van der Waals surface area contributed by atoms with Crippen molar-refractivity contribution < 1.29 is 0 Å². The van der Waals surface area contributed by atoms with Crippen molar-refractivity contribution in [2.75, 3.05) is 6.54 Å². The van der Waals surface area contributed by atoms with Crippen molar-refractivity contribution in [2.45, 2.75) is 19.5 Å². The highest BCUT2D eigenvalue weighted by molar-refractivity contribution is 7.71. The number of hydrogen-bond donors (Lipinski definition) is 2. The summed E-state index contributed by atoms with van der Waals surface area (Å²) in [7, 11) is 0. The van der Waals surface area contributed by atoms with Gasteiger partial charge in [0.15, 0.2) is 4.77 Å². The first-order valence-electron chi connectivity index (χ1n) is 7.59. The maximum atomic E-state index is 12.0. The lowest BCUT2D eigenvalue weighted by molar-refractivity contribution is 0.241. The highest BCUT2D eigenvalue weighted by Crippen LogP contribution is 2.21. The van der Waals surface area contributed by atoms with Gasteiger partial charge >= 0.3 is 0 Å². The highest BCUT2D eigenvalue weighted by atomic mass is 32.1. The van der Waals surface area contributed by atoms with Gasteiger partial charge in [-0.1, -0.05) is 18.2 Å². The largest absolute Gasteiger partial charge is 0.334 e. The molecule has 6 heteroatoms. The maximum Gasteiger partial charge on any atom is 0.255 e. The van der Waals surface area contributed by atoms with E-state index in [9.17, 15) is 4.79 Å². The van der Waals surface area contributed by atoms with E-state index < -0.39 is 0 Å². The van der Waals surface area contributed by atoms with Crippen LogP contribution in [0.25, 0.3) is 10.8 Å². The normalized spacial score (nSPS) is 14.8. The molecule has 0 fully saturated rings. The van der Waals surface area contributed by atoms with Gasteiger partial charge in [0.2, 0.25) is 0 Å². The minimum atomic E-state index is -0.0559. The van der Waals surface area contributed by atoms with Gasteiger partial charge < -0.3 is 4.98 Å². The Hall–Kier alpha value is -2.31. The van der Waals surface area contributed by atoms with Crippen LogP contribution in [-0.2, 0) is 19.5 Å². The van der Waals surface area contributed by atoms with Crippen LogP contribution in [-0.4, -0.2) is 26.4 Å². The molecule has 2 aromatic heterocycles. The summed E-state index contributed by atoms with van der Waals surface area (Å²) in [4.78, 5) is 24.3. The molecule has 0 amide bonds. The molecular weight excluding hydrogens is 308 g/mol. The molecule has 1 aliphatic rings. The summed E-state index contributed by atoms with van der Waals surface area (Å²) in [6.45, 7) is 2.42. The lowest BCUT2D eigenvalue weighted by Crippen LogP contribution is -2.34. The number of nitrogens with zero attached hydrogens (tertiary/aromatic N) is 2. The summed E-state index contributed by atoms with van der Waals surface area (Å²) >= 11 is 5.08. The number of nitrogens with one attached hydrogen (secondary N) is 2. The molecule has 0 bridgehead atoms. The molecule has 23 heavy (non-hydrogen) atoms. The monoisotopic (exact) mass is 324 g/mol. The number of fused-ring (bicyclic) bond motifs is 2. The topological polar surface area (TPSA) is 64.8 Å². The summed E-state index contributed by atoms with van der Waals surface area (Å²) < 4.78 is 0.395. The van der Waals surface area contributed by atoms with Crippen molar-refractivity contribution >= 4 is 23.0 Å². The minimum Gasteiger partial charge on any atom is -0.334 e. The van der Waals surface area contributed by atoms with Crippen molar-refractivity contribution in [1.29, 1.82) is 0 Å². The van der Waals surface area contributed by atoms with Gasteiger partial charge in [-0.15, -0.1) is 0 Å². The van der Waals surface area contributed by atoms with Crippen LogP contribution in [0.2, 0.25) is 0 Å². The zero-order valence-electron chi connectivity index (χ0n) is 12.5. The van der Waals surface area contributed by atoms with Gasteiger partial charge in [0.25, 0.3) is 5.56 Å². The first-order chi connectivity index (χ1) is 11.2. The second-order valence-corrected chi connectivity index (χ2v) is 6.25. The van der Waals surface area contributed by atoms with Crippen LogP contribution in [0.1, 0.15) is 16.8 Å². The van der Waals surface area contributed by atoms with Crippen molar-refractivity contribution in [3.8, 4) is 0 Å². The Morgan fingerprint density at radius 3 is 3.09 bits per heavy atom. The highest BCUT2D eigenvalue weighted by Gasteiger charge is 2.20. The van der Waals surface area contributed by atoms with Crippen molar-refractivity contribution in [2.24, 2.45) is 0 Å². The van der Waals surface area contributed by atoms with Gasteiger partial charge in [-0.3, -0.25) is 19.7 Å². The molecule has 2 N–H and O–H groups in total. The van der Waals surface area contributed by atoms with Crippen LogP contribution >= 0.6 is 12.2 Å². The molecule has 4 rings (SSSR count). The maximum absolute atomic E-state index is 12.0. The number of aromatic nitrogens is 3. The van der Waals surface area contributed by atoms with Gasteiger partial charge in [0.1, 0.15) is 0 Å². The Morgan fingerprint density at radius 2 is 2.17 bits per heavy atom. The van der Waals surface area contributed by atoms with E-state index >= 15 is 0 Å². The quantitative estimate of drug-likeness (QED) is 0.711. The Labute approximate surface area is 138 Å². The van der Waals surface area contributed by atoms with E-state index in [1.165, 1.54) is 10.9 Å². The molecule has 0 atom stereocenters. The molecule has 0 spiro atoms. The third kappa shape index (κ3) is 2.71. The van der Waals surface area contributed by atoms with Gasteiger partial charge in [0.05, 0.1) is 0 Å². The first-order valence-corrected chi connectivity index (χ1v) is 8.00. The van der Waals surface area contributed by atoms with Gasteiger partial charge in [-0.2, -0.15) is 0 Å². The van der Waals surface area contributed by atoms with E-state index in [0.717, 1.165) is 36.2 Å². The third-order valence-electron chi connectivity index (χ3n) is 4.35. The van der Waals surface area contributed by atoms with Gasteiger partial charge in [-0.25, -0.2) is 0 Å². The smallest absolute Gasteiger partial charge is 0.255 e. The van der Waals surface area contributed by atoms with Crippen molar-refractivity contribution in [3.63, 3.8) is 0 Å². The van der Waals surface area contributed by atoms with Crippen LogP contribution in [0.5, 0.6) is 0 Å². The Bertz CT molecular complexity index is 986. The predicted molar refractivity (Wildman–Crippen MR) is 91.8 cm³/mol. The molecule has 0 saturated heterocycles. The molecular formula is C17H16N4OS. The molecule has 0 radical (unpaired) electrons. The number of rotatable bonds is 2. The number of aromatic amines is 2. The summed E-state index contributed by atoms with van der Waals surface area (Å²) in [5.74, 6) is 0. The Morgan fingerprint density at radius 1 is 1.26 bits per heavy atom. The summed E-state index contributed by atoms with van der Waals surface area (Å²) in [5.41, 5.74) is 2.99. The summed E-state index contributed by atoms with van der Waals surface area (Å²) in [6, 6.07) is 8.35. The average molecular weight is 324 g/mol. The number of H-pyrrole nitrogens is 2. The summed E-state index contributed by atoms with van der Waals surface area (Å²) in [5, 5.41) is 2.38. The van der Waals surface area contributed by atoms with Crippen molar-refractivity contribution in [1.82, 2.24) is 19.9 Å². The SMILES string of the molecule is O=c1[nH]c(=S)[nH]c2c1CCN(Cc1cccc3cnccc13)C2. The molecule has 3 aromatic rings. The third-order valence-corrected chi connectivity index (χ3v) is 4.56. The van der Waals surface area contributed by atoms with Crippen LogP contribution in [0.4, 0.5) is 0 Å². The fraction of sp³-hybridized carbons (Fsp3) is 0.235. The number of benzene rings is 1. The summed E-state index contributed by atoms with van der Waals surface area (Å²) in [6.07, 6.45) is 4.46. The zero-order valence-corrected chi connectivity index (χ0v) is 13.3. The molecule has 1 aromatic carbocycles. The average Bonchev–Trinajstić information content (AvgIpc) is 2.55. The minimum absolute atomic E-state index is 0.0559. The number of hydrogen-bond acceptors (Lipinski definition) is 4. The second-order valence-electron chi connectivity index (χ2n) is 5.84. The second kappa shape index (κ2) is 5.72. The fourth-order valence-corrected chi connectivity index (χ4v) is 3.45. The van der Waals surface area contributed by atoms with E-state index in [4.69, 9.17) is 12.2 Å². The van der Waals surface area contributed by atoms with Gasteiger partial charge in [-0.05, 0) is 35.7 Å². The fourth-order valence-electron chi connectivity index (χ4n) is 3.23. The standard InChI is InChI=1S/C17H16N4OS/c22-16-14-5-7-21(10-15(14)19-17(23)20-16)9-12-3-1-2-11-8-18-6-4-13(11)12/h1-4,6,8H,5,7,9-10H2,(H2,19,20,22,23). The van der Waals surface area contributed by atoms with E-state index in [2.05, 4.69) is 44.1 Å². The molecule has 116 valence electrons. The molecule has 3 heterocycles.